The molecule has 0 bridgehead atoms. The molecule has 1 saturated heterocycles. The first-order chi connectivity index (χ1) is 12.5. The van der Waals surface area contributed by atoms with E-state index < -0.39 is 5.97 Å². The SMILES string of the molecule is CCCCCOc1ccc(C(=O)OCC(=O)N2[C@@H](C)CCC[C@@H]2C)cc1. The molecule has 144 valence electrons. The summed E-state index contributed by atoms with van der Waals surface area (Å²) in [7, 11) is 0. The number of ether oxygens (including phenoxy) is 2. The summed E-state index contributed by atoms with van der Waals surface area (Å²) < 4.78 is 10.9. The van der Waals surface area contributed by atoms with Gasteiger partial charge in [-0.15, -0.1) is 0 Å². The number of nitrogens with zero attached hydrogens (tertiary/aromatic N) is 1. The summed E-state index contributed by atoms with van der Waals surface area (Å²) in [5.41, 5.74) is 0.429. The molecule has 1 fully saturated rings. The number of hydrogen-bond donors (Lipinski definition) is 0. The Morgan fingerprint density at radius 1 is 1.08 bits per heavy atom. The Morgan fingerprint density at radius 3 is 2.35 bits per heavy atom. The van der Waals surface area contributed by atoms with Gasteiger partial charge in [0.15, 0.2) is 6.61 Å². The average molecular weight is 361 g/mol. The van der Waals surface area contributed by atoms with Gasteiger partial charge in [0.2, 0.25) is 0 Å². The number of esters is 1. The molecule has 5 heteroatoms. The van der Waals surface area contributed by atoms with Crippen LogP contribution < -0.4 is 4.74 Å². The van der Waals surface area contributed by atoms with Crippen LogP contribution in [-0.4, -0.2) is 42.1 Å². The first-order valence-corrected chi connectivity index (χ1v) is 9.74. The molecule has 1 aliphatic rings. The maximum Gasteiger partial charge on any atom is 0.338 e. The minimum absolute atomic E-state index is 0.117. The number of rotatable bonds is 8. The Hall–Kier alpha value is -2.04. The van der Waals surface area contributed by atoms with Crippen molar-refractivity contribution >= 4 is 11.9 Å². The molecule has 0 spiro atoms. The molecule has 0 unspecified atom stereocenters. The van der Waals surface area contributed by atoms with Gasteiger partial charge in [0, 0.05) is 12.1 Å². The quantitative estimate of drug-likeness (QED) is 0.514. The largest absolute Gasteiger partial charge is 0.494 e. The van der Waals surface area contributed by atoms with Crippen LogP contribution >= 0.6 is 0 Å². The first-order valence-electron chi connectivity index (χ1n) is 9.74. The van der Waals surface area contributed by atoms with E-state index in [0.717, 1.165) is 44.3 Å². The lowest BCUT2D eigenvalue weighted by atomic mass is 9.97. The minimum Gasteiger partial charge on any atom is -0.494 e. The van der Waals surface area contributed by atoms with Gasteiger partial charge in [0.25, 0.3) is 5.91 Å². The molecule has 0 aliphatic carbocycles. The van der Waals surface area contributed by atoms with Crippen LogP contribution in [0.2, 0.25) is 0 Å². The van der Waals surface area contributed by atoms with Gasteiger partial charge >= 0.3 is 5.97 Å². The zero-order valence-corrected chi connectivity index (χ0v) is 16.2. The Balaban J connectivity index is 1.81. The van der Waals surface area contributed by atoms with Gasteiger partial charge in [-0.25, -0.2) is 4.79 Å². The third kappa shape index (κ3) is 5.75. The topological polar surface area (TPSA) is 55.8 Å². The average Bonchev–Trinajstić information content (AvgIpc) is 2.63. The number of unbranched alkanes of at least 4 members (excludes halogenated alkanes) is 2. The highest BCUT2D eigenvalue weighted by Crippen LogP contribution is 2.22. The summed E-state index contributed by atoms with van der Waals surface area (Å²) in [4.78, 5) is 26.4. The first kappa shape index (κ1) is 20.3. The van der Waals surface area contributed by atoms with E-state index in [0.29, 0.717) is 12.2 Å². The van der Waals surface area contributed by atoms with Crippen LogP contribution in [-0.2, 0) is 9.53 Å². The van der Waals surface area contributed by atoms with Crippen LogP contribution in [0.25, 0.3) is 0 Å². The van der Waals surface area contributed by atoms with Gasteiger partial charge in [-0.05, 0) is 63.8 Å². The van der Waals surface area contributed by atoms with Gasteiger partial charge in [-0.3, -0.25) is 4.79 Å². The lowest BCUT2D eigenvalue weighted by Crippen LogP contribution is -2.49. The van der Waals surface area contributed by atoms with Crippen molar-refractivity contribution in [1.82, 2.24) is 4.90 Å². The normalized spacial score (nSPS) is 19.9. The van der Waals surface area contributed by atoms with Crippen molar-refractivity contribution in [2.24, 2.45) is 0 Å². The van der Waals surface area contributed by atoms with Gasteiger partial charge in [-0.1, -0.05) is 19.8 Å². The van der Waals surface area contributed by atoms with E-state index in [1.54, 1.807) is 24.3 Å². The molecule has 5 nitrogen and oxygen atoms in total. The predicted molar refractivity (Wildman–Crippen MR) is 101 cm³/mol. The third-order valence-electron chi connectivity index (χ3n) is 4.91. The lowest BCUT2D eigenvalue weighted by molar-refractivity contribution is -0.140. The zero-order chi connectivity index (χ0) is 18.9. The highest BCUT2D eigenvalue weighted by atomic mass is 16.5. The summed E-state index contributed by atoms with van der Waals surface area (Å²) in [6, 6.07) is 7.28. The Bertz CT molecular complexity index is 574. The molecular formula is C21H31NO4. The molecule has 0 aromatic heterocycles. The second-order valence-electron chi connectivity index (χ2n) is 7.09. The van der Waals surface area contributed by atoms with Crippen LogP contribution in [0.1, 0.15) is 69.7 Å². The fourth-order valence-electron chi connectivity index (χ4n) is 3.43. The van der Waals surface area contributed by atoms with Gasteiger partial charge in [-0.2, -0.15) is 0 Å². The van der Waals surface area contributed by atoms with E-state index >= 15 is 0 Å². The number of carbonyl (C=O) groups is 2. The van der Waals surface area contributed by atoms with Crippen molar-refractivity contribution in [3.05, 3.63) is 29.8 Å². The molecule has 2 rings (SSSR count). The molecule has 1 aliphatic heterocycles. The van der Waals surface area contributed by atoms with Crippen LogP contribution in [0.5, 0.6) is 5.75 Å². The number of carbonyl (C=O) groups excluding carboxylic acids is 2. The lowest BCUT2D eigenvalue weighted by Gasteiger charge is -2.38. The van der Waals surface area contributed by atoms with Crippen LogP contribution in [0.15, 0.2) is 24.3 Å². The van der Waals surface area contributed by atoms with E-state index in [1.807, 2.05) is 4.90 Å². The summed E-state index contributed by atoms with van der Waals surface area (Å²) in [5, 5.41) is 0. The maximum absolute atomic E-state index is 12.4. The summed E-state index contributed by atoms with van der Waals surface area (Å²) in [5.74, 6) is 0.145. The van der Waals surface area contributed by atoms with Crippen molar-refractivity contribution in [2.75, 3.05) is 13.2 Å². The van der Waals surface area contributed by atoms with Gasteiger partial charge < -0.3 is 14.4 Å². The van der Waals surface area contributed by atoms with E-state index in [9.17, 15) is 9.59 Å². The summed E-state index contributed by atoms with van der Waals surface area (Å²) in [6.07, 6.45) is 6.47. The number of amides is 1. The van der Waals surface area contributed by atoms with Crippen molar-refractivity contribution in [3.63, 3.8) is 0 Å². The highest BCUT2D eigenvalue weighted by molar-refractivity contribution is 5.91. The van der Waals surface area contributed by atoms with Crippen molar-refractivity contribution < 1.29 is 19.1 Å². The van der Waals surface area contributed by atoms with Crippen molar-refractivity contribution in [3.8, 4) is 5.75 Å². The molecular weight excluding hydrogens is 330 g/mol. The molecule has 26 heavy (non-hydrogen) atoms. The Morgan fingerprint density at radius 2 is 1.73 bits per heavy atom. The van der Waals surface area contributed by atoms with Crippen LogP contribution in [0.3, 0.4) is 0 Å². The van der Waals surface area contributed by atoms with E-state index in [2.05, 4.69) is 20.8 Å². The molecule has 1 heterocycles. The van der Waals surface area contributed by atoms with Crippen LogP contribution in [0, 0.1) is 0 Å². The maximum atomic E-state index is 12.4. The molecule has 1 aromatic carbocycles. The van der Waals surface area contributed by atoms with Crippen molar-refractivity contribution in [1.29, 1.82) is 0 Å². The number of piperidine rings is 1. The van der Waals surface area contributed by atoms with E-state index in [-0.39, 0.29) is 24.6 Å². The van der Waals surface area contributed by atoms with Gasteiger partial charge in [0.05, 0.1) is 12.2 Å². The molecule has 0 N–H and O–H groups in total. The molecule has 0 saturated carbocycles. The molecule has 2 atom stereocenters. The van der Waals surface area contributed by atoms with Crippen molar-refractivity contribution in [2.45, 2.75) is 71.4 Å². The number of hydrogen-bond acceptors (Lipinski definition) is 4. The monoisotopic (exact) mass is 361 g/mol. The zero-order valence-electron chi connectivity index (χ0n) is 16.2. The Labute approximate surface area is 156 Å². The van der Waals surface area contributed by atoms with E-state index in [1.165, 1.54) is 0 Å². The van der Waals surface area contributed by atoms with Crippen LogP contribution in [0.4, 0.5) is 0 Å². The Kier molecular flexibility index (Phi) is 7.95. The summed E-state index contributed by atoms with van der Waals surface area (Å²) in [6.45, 7) is 6.72. The minimum atomic E-state index is -0.479. The second kappa shape index (κ2) is 10.2. The molecule has 1 amide bonds. The fraction of sp³-hybridized carbons (Fsp3) is 0.619. The third-order valence-corrected chi connectivity index (χ3v) is 4.91. The molecule has 1 aromatic rings. The number of likely N-dealkylation sites (tertiary alicyclic amines) is 1. The predicted octanol–water partition coefficient (Wildman–Crippen LogP) is 4.20. The smallest absolute Gasteiger partial charge is 0.338 e. The highest BCUT2D eigenvalue weighted by Gasteiger charge is 2.29. The number of benzene rings is 1. The van der Waals surface area contributed by atoms with Gasteiger partial charge in [0.1, 0.15) is 5.75 Å². The van der Waals surface area contributed by atoms with E-state index in [4.69, 9.17) is 9.47 Å². The second-order valence-corrected chi connectivity index (χ2v) is 7.09. The standard InChI is InChI=1S/C21H31NO4/c1-4-5-6-14-25-19-12-10-18(11-13-19)21(24)26-15-20(23)22-16(2)8-7-9-17(22)3/h10-13,16-17H,4-9,14-15H2,1-3H3/t16-,17-/m0/s1. The molecule has 0 radical (unpaired) electrons. The fourth-order valence-corrected chi connectivity index (χ4v) is 3.43. The summed E-state index contributed by atoms with van der Waals surface area (Å²) >= 11 is 0.